The molecule has 3 heterocycles. The molecule has 1 atom stereocenters. The van der Waals surface area contributed by atoms with Crippen molar-refractivity contribution in [3.05, 3.63) is 47.0 Å². The average molecular weight is 368 g/mol. The van der Waals surface area contributed by atoms with E-state index in [1.165, 1.54) is 6.07 Å². The van der Waals surface area contributed by atoms with Gasteiger partial charge in [-0.05, 0) is 24.6 Å². The van der Waals surface area contributed by atoms with E-state index in [2.05, 4.69) is 14.9 Å². The number of aromatic nitrogens is 3. The summed E-state index contributed by atoms with van der Waals surface area (Å²) in [7, 11) is 0. The molecular weight excluding hydrogens is 348 g/mol. The van der Waals surface area contributed by atoms with Crippen LogP contribution in [0, 0.1) is 6.92 Å². The highest BCUT2D eigenvalue weighted by molar-refractivity contribution is 5.91. The van der Waals surface area contributed by atoms with Crippen LogP contribution in [0.25, 0.3) is 11.0 Å². The van der Waals surface area contributed by atoms with Crippen molar-refractivity contribution in [2.45, 2.75) is 19.3 Å². The fourth-order valence-corrected chi connectivity index (χ4v) is 3.39. The molecule has 0 bridgehead atoms. The summed E-state index contributed by atoms with van der Waals surface area (Å²) >= 11 is 0. The molecule has 2 aliphatic rings. The van der Waals surface area contributed by atoms with Gasteiger partial charge in [0.15, 0.2) is 0 Å². The molecule has 8 nitrogen and oxygen atoms in total. The molecule has 1 saturated heterocycles. The SMILES string of the molecule is Cc1cc(C(=O)O)nc2c(C3C=CC=C(O)C3)nc(N3CCOCC3)nc12. The Morgan fingerprint density at radius 1 is 1.22 bits per heavy atom. The molecule has 1 aliphatic carbocycles. The third kappa shape index (κ3) is 3.35. The minimum atomic E-state index is -1.09. The Morgan fingerprint density at radius 2 is 2.00 bits per heavy atom. The molecule has 0 amide bonds. The highest BCUT2D eigenvalue weighted by Crippen LogP contribution is 2.32. The van der Waals surface area contributed by atoms with Crippen LogP contribution in [-0.2, 0) is 4.74 Å². The van der Waals surface area contributed by atoms with Gasteiger partial charge in [0.05, 0.1) is 30.2 Å². The summed E-state index contributed by atoms with van der Waals surface area (Å²) in [5, 5.41) is 19.3. The summed E-state index contributed by atoms with van der Waals surface area (Å²) in [6, 6.07) is 1.53. The predicted octanol–water partition coefficient (Wildman–Crippen LogP) is 2.35. The summed E-state index contributed by atoms with van der Waals surface area (Å²) in [6.07, 6.45) is 5.75. The van der Waals surface area contributed by atoms with E-state index in [9.17, 15) is 15.0 Å². The van der Waals surface area contributed by atoms with Crippen molar-refractivity contribution >= 4 is 23.0 Å². The van der Waals surface area contributed by atoms with Crippen LogP contribution in [0.5, 0.6) is 0 Å². The first-order chi connectivity index (χ1) is 13.0. The molecule has 0 radical (unpaired) electrons. The number of aliphatic hydroxyl groups is 1. The summed E-state index contributed by atoms with van der Waals surface area (Å²) < 4.78 is 5.41. The Hall–Kier alpha value is -3.00. The minimum Gasteiger partial charge on any atom is -0.512 e. The molecule has 0 saturated carbocycles. The van der Waals surface area contributed by atoms with Crippen LogP contribution >= 0.6 is 0 Å². The van der Waals surface area contributed by atoms with Crippen LogP contribution in [0.4, 0.5) is 5.95 Å². The molecule has 140 valence electrons. The third-order valence-corrected chi connectivity index (χ3v) is 4.78. The van der Waals surface area contributed by atoms with E-state index in [-0.39, 0.29) is 17.4 Å². The minimum absolute atomic E-state index is 0.0384. The maximum Gasteiger partial charge on any atom is 0.354 e. The molecule has 1 aliphatic heterocycles. The van der Waals surface area contributed by atoms with Gasteiger partial charge < -0.3 is 19.8 Å². The monoisotopic (exact) mass is 368 g/mol. The number of nitrogens with zero attached hydrogens (tertiary/aromatic N) is 4. The number of aliphatic hydroxyl groups excluding tert-OH is 1. The smallest absolute Gasteiger partial charge is 0.354 e. The van der Waals surface area contributed by atoms with Crippen molar-refractivity contribution in [3.8, 4) is 0 Å². The number of ether oxygens (including phenoxy) is 1. The molecule has 1 fully saturated rings. The molecule has 8 heteroatoms. The van der Waals surface area contributed by atoms with Gasteiger partial charge in [0.2, 0.25) is 5.95 Å². The van der Waals surface area contributed by atoms with Gasteiger partial charge in [0, 0.05) is 25.4 Å². The zero-order valence-electron chi connectivity index (χ0n) is 14.9. The van der Waals surface area contributed by atoms with Gasteiger partial charge >= 0.3 is 5.97 Å². The number of aryl methyl sites for hydroxylation is 1. The zero-order chi connectivity index (χ0) is 19.0. The number of aromatic carboxylic acids is 1. The van der Waals surface area contributed by atoms with Gasteiger partial charge in [-0.15, -0.1) is 0 Å². The van der Waals surface area contributed by atoms with Crippen molar-refractivity contribution in [3.63, 3.8) is 0 Å². The lowest BCUT2D eigenvalue weighted by atomic mass is 9.94. The van der Waals surface area contributed by atoms with E-state index in [1.54, 1.807) is 12.2 Å². The number of morpholine rings is 1. The second-order valence-corrected chi connectivity index (χ2v) is 6.69. The van der Waals surface area contributed by atoms with Crippen molar-refractivity contribution in [2.75, 3.05) is 31.2 Å². The van der Waals surface area contributed by atoms with Crippen molar-refractivity contribution in [1.82, 2.24) is 15.0 Å². The summed E-state index contributed by atoms with van der Waals surface area (Å²) in [5.41, 5.74) is 2.42. The van der Waals surface area contributed by atoms with Crippen molar-refractivity contribution in [2.24, 2.45) is 0 Å². The zero-order valence-corrected chi connectivity index (χ0v) is 14.9. The Morgan fingerprint density at radius 3 is 2.70 bits per heavy atom. The highest BCUT2D eigenvalue weighted by atomic mass is 16.5. The van der Waals surface area contributed by atoms with Crippen LogP contribution in [-0.4, -0.2) is 57.4 Å². The van der Waals surface area contributed by atoms with Crippen LogP contribution < -0.4 is 4.90 Å². The van der Waals surface area contributed by atoms with Crippen LogP contribution in [0.1, 0.15) is 34.1 Å². The van der Waals surface area contributed by atoms with E-state index < -0.39 is 5.97 Å². The van der Waals surface area contributed by atoms with E-state index in [0.29, 0.717) is 55.4 Å². The Kier molecular flexibility index (Phi) is 4.49. The van der Waals surface area contributed by atoms with E-state index in [0.717, 1.165) is 5.56 Å². The number of pyridine rings is 1. The molecule has 4 rings (SSSR count). The number of fused-ring (bicyclic) bond motifs is 1. The number of carboxylic acid groups (broad SMARTS) is 1. The number of hydrogen-bond acceptors (Lipinski definition) is 7. The maximum atomic E-state index is 11.5. The van der Waals surface area contributed by atoms with Gasteiger partial charge in [-0.25, -0.2) is 19.7 Å². The molecule has 2 N–H and O–H groups in total. The third-order valence-electron chi connectivity index (χ3n) is 4.78. The topological polar surface area (TPSA) is 109 Å². The standard InChI is InChI=1S/C19H20N4O4/c1-11-9-14(18(25)26)20-17-15(11)21-19(23-5-7-27-8-6-23)22-16(17)12-3-2-4-13(24)10-12/h2-4,9,12,24H,5-8,10H2,1H3,(H,25,26). The quantitative estimate of drug-likeness (QED) is 0.850. The Balaban J connectivity index is 1.91. The number of carbonyl (C=O) groups is 1. The van der Waals surface area contributed by atoms with E-state index >= 15 is 0 Å². The molecule has 1 unspecified atom stereocenters. The summed E-state index contributed by atoms with van der Waals surface area (Å²) in [4.78, 5) is 27.3. The first kappa shape index (κ1) is 17.4. The molecule has 2 aromatic rings. The Labute approximate surface area is 155 Å². The largest absolute Gasteiger partial charge is 0.512 e. The first-order valence-electron chi connectivity index (χ1n) is 8.84. The van der Waals surface area contributed by atoms with E-state index in [1.807, 2.05) is 13.0 Å². The lowest BCUT2D eigenvalue weighted by Crippen LogP contribution is -2.37. The van der Waals surface area contributed by atoms with Crippen LogP contribution in [0.3, 0.4) is 0 Å². The van der Waals surface area contributed by atoms with Crippen molar-refractivity contribution in [1.29, 1.82) is 0 Å². The van der Waals surface area contributed by atoms with Gasteiger partial charge in [-0.1, -0.05) is 12.2 Å². The number of carboxylic acids is 1. The maximum absolute atomic E-state index is 11.5. The van der Waals surface area contributed by atoms with Gasteiger partial charge in [-0.3, -0.25) is 0 Å². The lowest BCUT2D eigenvalue weighted by molar-refractivity contribution is 0.0691. The average Bonchev–Trinajstić information content (AvgIpc) is 2.68. The molecule has 0 aromatic carbocycles. The first-order valence-corrected chi connectivity index (χ1v) is 8.84. The number of hydrogen-bond donors (Lipinski definition) is 2. The Bertz CT molecular complexity index is 964. The second-order valence-electron chi connectivity index (χ2n) is 6.69. The molecule has 27 heavy (non-hydrogen) atoms. The molecule has 2 aromatic heterocycles. The fourth-order valence-electron chi connectivity index (χ4n) is 3.39. The second kappa shape index (κ2) is 6.96. The molecular formula is C19H20N4O4. The van der Waals surface area contributed by atoms with Gasteiger partial charge in [0.25, 0.3) is 0 Å². The van der Waals surface area contributed by atoms with Crippen LogP contribution in [0.15, 0.2) is 30.1 Å². The number of anilines is 1. The molecule has 0 spiro atoms. The lowest BCUT2D eigenvalue weighted by Gasteiger charge is -2.28. The van der Waals surface area contributed by atoms with Gasteiger partial charge in [0.1, 0.15) is 11.2 Å². The summed E-state index contributed by atoms with van der Waals surface area (Å²) in [6.45, 7) is 4.43. The normalized spacial score (nSPS) is 20.0. The van der Waals surface area contributed by atoms with E-state index in [4.69, 9.17) is 9.72 Å². The predicted molar refractivity (Wildman–Crippen MR) is 99.3 cm³/mol. The van der Waals surface area contributed by atoms with Gasteiger partial charge in [-0.2, -0.15) is 0 Å². The van der Waals surface area contributed by atoms with Crippen molar-refractivity contribution < 1.29 is 19.7 Å². The summed E-state index contributed by atoms with van der Waals surface area (Å²) in [5.74, 6) is -0.453. The number of allylic oxidation sites excluding steroid dienone is 4. The fraction of sp³-hybridized carbons (Fsp3) is 0.368. The van der Waals surface area contributed by atoms with Crippen LogP contribution in [0.2, 0.25) is 0 Å². The number of rotatable bonds is 3. The highest BCUT2D eigenvalue weighted by Gasteiger charge is 2.24.